The van der Waals surface area contributed by atoms with Crippen LogP contribution in [0, 0.1) is 12.3 Å². The van der Waals surface area contributed by atoms with E-state index in [0.717, 1.165) is 24.9 Å². The van der Waals surface area contributed by atoms with Crippen LogP contribution in [0.1, 0.15) is 46.0 Å². The molecule has 0 saturated heterocycles. The molecule has 110 valence electrons. The van der Waals surface area contributed by atoms with Gasteiger partial charge in [-0.05, 0) is 28.8 Å². The first-order valence-electron chi connectivity index (χ1n) is 7.09. The summed E-state index contributed by atoms with van der Waals surface area (Å²) in [5, 5.41) is 7.51. The van der Waals surface area contributed by atoms with Gasteiger partial charge in [-0.1, -0.05) is 39.0 Å². The van der Waals surface area contributed by atoms with Crippen molar-refractivity contribution in [2.45, 2.75) is 58.5 Å². The zero-order chi connectivity index (χ0) is 15.0. The predicted molar refractivity (Wildman–Crippen MR) is 86.9 cm³/mol. The van der Waals surface area contributed by atoms with Crippen molar-refractivity contribution in [3.63, 3.8) is 0 Å². The van der Waals surface area contributed by atoms with Crippen LogP contribution in [-0.2, 0) is 6.54 Å². The maximum absolute atomic E-state index is 12.1. The summed E-state index contributed by atoms with van der Waals surface area (Å²) < 4.78 is 1.77. The molecule has 5 heteroatoms. The molecule has 0 aliphatic carbocycles. The first-order valence-corrected chi connectivity index (χ1v) is 7.88. The van der Waals surface area contributed by atoms with Gasteiger partial charge in [0.25, 0.3) is 5.56 Å². The second-order valence-corrected chi connectivity index (χ2v) is 5.60. The number of halogens is 1. The molecule has 0 fully saturated rings. The van der Waals surface area contributed by atoms with Crippen molar-refractivity contribution in [1.82, 2.24) is 9.78 Å². The number of anilines is 1. The summed E-state index contributed by atoms with van der Waals surface area (Å²) in [6, 6.07) is 0.376. The number of nitrogens with one attached hydrogen (secondary N) is 1. The summed E-state index contributed by atoms with van der Waals surface area (Å²) in [5.41, 5.74) is 0.552. The summed E-state index contributed by atoms with van der Waals surface area (Å²) in [6.07, 6.45) is 12.5. The van der Waals surface area contributed by atoms with Crippen LogP contribution >= 0.6 is 15.9 Å². The van der Waals surface area contributed by atoms with Gasteiger partial charge in [0.2, 0.25) is 0 Å². The molecule has 1 rings (SSSR count). The number of rotatable bonds is 8. The SMILES string of the molecule is C#CCn1ncc(NC(CCC)CCCC)c(Br)c1=O. The molecule has 0 aliphatic heterocycles. The monoisotopic (exact) mass is 339 g/mol. The van der Waals surface area contributed by atoms with Gasteiger partial charge in [0, 0.05) is 6.04 Å². The maximum Gasteiger partial charge on any atom is 0.284 e. The van der Waals surface area contributed by atoms with E-state index >= 15 is 0 Å². The van der Waals surface area contributed by atoms with Gasteiger partial charge < -0.3 is 5.32 Å². The zero-order valence-corrected chi connectivity index (χ0v) is 13.7. The third-order valence-electron chi connectivity index (χ3n) is 3.13. The van der Waals surface area contributed by atoms with Crippen molar-refractivity contribution in [3.05, 3.63) is 21.0 Å². The Balaban J connectivity index is 2.88. The Morgan fingerprint density at radius 1 is 1.45 bits per heavy atom. The molecule has 1 N–H and O–H groups in total. The zero-order valence-electron chi connectivity index (χ0n) is 12.2. The average molecular weight is 340 g/mol. The average Bonchev–Trinajstić information content (AvgIpc) is 2.44. The van der Waals surface area contributed by atoms with Gasteiger partial charge >= 0.3 is 0 Å². The molecule has 0 radical (unpaired) electrons. The summed E-state index contributed by atoms with van der Waals surface area (Å²) in [7, 11) is 0. The number of nitrogens with zero attached hydrogens (tertiary/aromatic N) is 2. The lowest BCUT2D eigenvalue weighted by Crippen LogP contribution is -2.26. The summed E-state index contributed by atoms with van der Waals surface area (Å²) in [6.45, 7) is 4.53. The second kappa shape index (κ2) is 8.80. The van der Waals surface area contributed by atoms with E-state index in [0.29, 0.717) is 10.5 Å². The van der Waals surface area contributed by atoms with Crippen LogP contribution in [0.2, 0.25) is 0 Å². The summed E-state index contributed by atoms with van der Waals surface area (Å²) in [5.74, 6) is 2.42. The highest BCUT2D eigenvalue weighted by atomic mass is 79.9. The number of terminal acetylenes is 1. The van der Waals surface area contributed by atoms with E-state index in [-0.39, 0.29) is 12.1 Å². The fourth-order valence-corrected chi connectivity index (χ4v) is 2.49. The third kappa shape index (κ3) is 4.68. The molecule has 0 aliphatic rings. The van der Waals surface area contributed by atoms with Gasteiger partial charge in [-0.2, -0.15) is 5.10 Å². The molecular weight excluding hydrogens is 318 g/mol. The van der Waals surface area contributed by atoms with E-state index in [2.05, 4.69) is 46.1 Å². The normalized spacial score (nSPS) is 11.9. The molecule has 1 heterocycles. The van der Waals surface area contributed by atoms with Gasteiger partial charge in [0.15, 0.2) is 0 Å². The summed E-state index contributed by atoms with van der Waals surface area (Å²) in [4.78, 5) is 12.1. The highest BCUT2D eigenvalue weighted by Gasteiger charge is 2.12. The van der Waals surface area contributed by atoms with Gasteiger partial charge in [0.1, 0.15) is 11.0 Å². The standard InChI is InChI=1S/C15H22BrN3O/c1-4-7-9-12(8-5-2)18-13-11-17-19(10-6-3)15(20)14(13)16/h3,11-12,18H,4-5,7-10H2,1-2H3. The highest BCUT2D eigenvalue weighted by molar-refractivity contribution is 9.10. The highest BCUT2D eigenvalue weighted by Crippen LogP contribution is 2.20. The lowest BCUT2D eigenvalue weighted by molar-refractivity contribution is 0.562. The van der Waals surface area contributed by atoms with Crippen LogP contribution in [0.25, 0.3) is 0 Å². The fraction of sp³-hybridized carbons (Fsp3) is 0.600. The maximum atomic E-state index is 12.1. The minimum Gasteiger partial charge on any atom is -0.380 e. The Bertz CT molecular complexity index is 519. The fourth-order valence-electron chi connectivity index (χ4n) is 2.07. The Morgan fingerprint density at radius 2 is 2.20 bits per heavy atom. The minimum atomic E-state index is -0.196. The number of hydrogen-bond acceptors (Lipinski definition) is 3. The molecule has 1 unspecified atom stereocenters. The largest absolute Gasteiger partial charge is 0.380 e. The first-order chi connectivity index (χ1) is 9.63. The number of aromatic nitrogens is 2. The predicted octanol–water partition coefficient (Wildman–Crippen LogP) is 3.41. The Labute approximate surface area is 129 Å². The number of hydrogen-bond donors (Lipinski definition) is 1. The summed E-state index contributed by atoms with van der Waals surface area (Å²) >= 11 is 3.34. The second-order valence-electron chi connectivity index (χ2n) is 4.81. The Kier molecular flexibility index (Phi) is 7.38. The molecule has 0 amide bonds. The van der Waals surface area contributed by atoms with Crippen LogP contribution in [-0.4, -0.2) is 15.8 Å². The first kappa shape index (κ1) is 16.8. The molecule has 1 atom stereocenters. The van der Waals surface area contributed by atoms with E-state index in [9.17, 15) is 4.79 Å². The van der Waals surface area contributed by atoms with Crippen molar-refractivity contribution < 1.29 is 0 Å². The minimum absolute atomic E-state index is 0.186. The molecule has 1 aromatic rings. The van der Waals surface area contributed by atoms with Crippen LogP contribution in [0.15, 0.2) is 15.5 Å². The van der Waals surface area contributed by atoms with Gasteiger partial charge in [0.05, 0.1) is 11.9 Å². The van der Waals surface area contributed by atoms with Crippen molar-refractivity contribution >= 4 is 21.6 Å². The molecule has 1 aromatic heterocycles. The molecule has 0 aromatic carbocycles. The van der Waals surface area contributed by atoms with E-state index < -0.39 is 0 Å². The molecule has 20 heavy (non-hydrogen) atoms. The van der Waals surface area contributed by atoms with Gasteiger partial charge in [-0.3, -0.25) is 4.79 Å². The molecule has 0 saturated carbocycles. The third-order valence-corrected chi connectivity index (χ3v) is 3.90. The van der Waals surface area contributed by atoms with Crippen molar-refractivity contribution in [3.8, 4) is 12.3 Å². The molecule has 4 nitrogen and oxygen atoms in total. The van der Waals surface area contributed by atoms with Crippen molar-refractivity contribution in [2.24, 2.45) is 0 Å². The lowest BCUT2D eigenvalue weighted by Gasteiger charge is -2.19. The topological polar surface area (TPSA) is 46.9 Å². The lowest BCUT2D eigenvalue weighted by atomic mass is 10.1. The molecule has 0 bridgehead atoms. The Hall–Kier alpha value is -1.28. The smallest absolute Gasteiger partial charge is 0.284 e. The van der Waals surface area contributed by atoms with Crippen molar-refractivity contribution in [1.29, 1.82) is 0 Å². The van der Waals surface area contributed by atoms with Crippen molar-refractivity contribution in [2.75, 3.05) is 5.32 Å². The Morgan fingerprint density at radius 3 is 2.80 bits per heavy atom. The van der Waals surface area contributed by atoms with Gasteiger partial charge in [-0.15, -0.1) is 6.42 Å². The van der Waals surface area contributed by atoms with Crippen LogP contribution < -0.4 is 10.9 Å². The molecular formula is C15H22BrN3O. The van der Waals surface area contributed by atoms with E-state index in [1.807, 2.05) is 0 Å². The quantitative estimate of drug-likeness (QED) is 0.738. The van der Waals surface area contributed by atoms with Crippen LogP contribution in [0.4, 0.5) is 5.69 Å². The van der Waals surface area contributed by atoms with E-state index in [1.54, 1.807) is 6.20 Å². The van der Waals surface area contributed by atoms with Gasteiger partial charge in [-0.25, -0.2) is 4.68 Å². The van der Waals surface area contributed by atoms with E-state index in [1.165, 1.54) is 17.5 Å². The number of unbranched alkanes of at least 4 members (excludes halogenated alkanes) is 1. The van der Waals surface area contributed by atoms with E-state index in [4.69, 9.17) is 6.42 Å². The van der Waals surface area contributed by atoms with Crippen LogP contribution in [0.5, 0.6) is 0 Å². The molecule has 0 spiro atoms. The van der Waals surface area contributed by atoms with Crippen LogP contribution in [0.3, 0.4) is 0 Å².